The molecule has 0 fully saturated rings. The van der Waals surface area contributed by atoms with E-state index in [0.29, 0.717) is 0 Å². The van der Waals surface area contributed by atoms with E-state index in [1.54, 1.807) is 0 Å². The Labute approximate surface area is 138 Å². The predicted octanol–water partition coefficient (Wildman–Crippen LogP) is 2.39. The number of ether oxygens (including phenoxy) is 2. The number of nitrogens with two attached hydrogens (primary N) is 1. The summed E-state index contributed by atoms with van der Waals surface area (Å²) in [6, 6.07) is 0.999. The lowest BCUT2D eigenvalue weighted by molar-refractivity contribution is -0.118. The van der Waals surface area contributed by atoms with Crippen molar-refractivity contribution in [1.82, 2.24) is 9.78 Å². The van der Waals surface area contributed by atoms with Crippen LogP contribution in [0.15, 0.2) is 6.07 Å². The fourth-order valence-electron chi connectivity index (χ4n) is 2.30. The molecule has 0 bridgehead atoms. The van der Waals surface area contributed by atoms with Crippen molar-refractivity contribution < 1.29 is 27.4 Å². The molecule has 0 saturated heterocycles. The summed E-state index contributed by atoms with van der Waals surface area (Å²) in [4.78, 5) is 11.4. The van der Waals surface area contributed by atoms with Crippen LogP contribution in [-0.4, -0.2) is 28.9 Å². The number of aromatic nitrogens is 2. The normalized spacial score (nSPS) is 13.5. The van der Waals surface area contributed by atoms with Gasteiger partial charge in [0.15, 0.2) is 6.61 Å². The maximum atomic E-state index is 14.4. The Kier molecular flexibility index (Phi) is 3.91. The molecule has 2 aromatic rings. The topological polar surface area (TPSA) is 91.4 Å². The molecule has 24 heavy (non-hydrogen) atoms. The number of anilines is 2. The van der Waals surface area contributed by atoms with E-state index in [9.17, 15) is 18.0 Å². The number of carbonyl (C=O) groups excluding carboxylic acids is 1. The molecule has 1 aromatic carbocycles. The molecule has 1 aliphatic rings. The van der Waals surface area contributed by atoms with Crippen molar-refractivity contribution in [2.45, 2.75) is 6.61 Å². The molecule has 7 nitrogen and oxygen atoms in total. The molecule has 11 heteroatoms. The van der Waals surface area contributed by atoms with Crippen LogP contribution in [0.3, 0.4) is 0 Å². The van der Waals surface area contributed by atoms with E-state index in [0.717, 1.165) is 10.7 Å². The highest BCUT2D eigenvalue weighted by molar-refractivity contribution is 6.34. The van der Waals surface area contributed by atoms with Gasteiger partial charge < -0.3 is 20.5 Å². The van der Waals surface area contributed by atoms with Gasteiger partial charge in [-0.3, -0.25) is 4.79 Å². The Balaban J connectivity index is 2.17. The molecule has 0 saturated carbocycles. The van der Waals surface area contributed by atoms with E-state index >= 15 is 0 Å². The third-order valence-electron chi connectivity index (χ3n) is 3.28. The molecule has 1 amide bonds. The second-order valence-electron chi connectivity index (χ2n) is 4.83. The second-order valence-corrected chi connectivity index (χ2v) is 5.20. The third-order valence-corrected chi connectivity index (χ3v) is 3.62. The number of alkyl halides is 2. The highest BCUT2D eigenvalue weighted by Crippen LogP contribution is 2.45. The highest BCUT2D eigenvalue weighted by Gasteiger charge is 2.29. The van der Waals surface area contributed by atoms with Crippen molar-refractivity contribution in [2.24, 2.45) is 7.05 Å². The van der Waals surface area contributed by atoms with E-state index < -0.39 is 24.2 Å². The first-order valence-electron chi connectivity index (χ1n) is 6.52. The predicted molar refractivity (Wildman–Crippen MR) is 78.8 cm³/mol. The van der Waals surface area contributed by atoms with Gasteiger partial charge in [-0.05, 0) is 0 Å². The van der Waals surface area contributed by atoms with Crippen LogP contribution in [0.5, 0.6) is 11.6 Å². The molecule has 3 N–H and O–H groups in total. The van der Waals surface area contributed by atoms with Crippen molar-refractivity contribution in [3.8, 4) is 22.9 Å². The number of nitrogens with zero attached hydrogens (tertiary/aromatic N) is 2. The van der Waals surface area contributed by atoms with E-state index in [-0.39, 0.29) is 40.0 Å². The Morgan fingerprint density at radius 2 is 2.25 bits per heavy atom. The largest absolute Gasteiger partial charge is 0.481 e. The van der Waals surface area contributed by atoms with Gasteiger partial charge in [0.05, 0.1) is 11.3 Å². The standard InChI is InChI=1S/C13H10ClF3N4O3/c1-21-12(24-13(16)17)8(14)11(20-21)7-4(15)2-5-10(9(7)18)19-6(22)3-23-5/h2,13H,3,18H2,1H3,(H,19,22). The molecular weight excluding hydrogens is 353 g/mol. The molecule has 0 unspecified atom stereocenters. The molecule has 1 aromatic heterocycles. The van der Waals surface area contributed by atoms with E-state index in [2.05, 4.69) is 15.2 Å². The monoisotopic (exact) mass is 362 g/mol. The summed E-state index contributed by atoms with van der Waals surface area (Å²) in [6.45, 7) is -3.41. The molecule has 0 aliphatic carbocycles. The first-order valence-corrected chi connectivity index (χ1v) is 6.89. The Hall–Kier alpha value is -2.62. The number of hydrogen-bond acceptors (Lipinski definition) is 5. The zero-order valence-electron chi connectivity index (χ0n) is 12.1. The maximum absolute atomic E-state index is 14.4. The number of carbonyl (C=O) groups is 1. The average molecular weight is 363 g/mol. The smallest absolute Gasteiger partial charge is 0.388 e. The molecule has 128 valence electrons. The van der Waals surface area contributed by atoms with Gasteiger partial charge in [-0.15, -0.1) is 0 Å². The molecule has 0 atom stereocenters. The van der Waals surface area contributed by atoms with Gasteiger partial charge in [0, 0.05) is 13.1 Å². The van der Waals surface area contributed by atoms with Crippen molar-refractivity contribution in [2.75, 3.05) is 17.7 Å². The summed E-state index contributed by atoms with van der Waals surface area (Å²) in [5, 5.41) is 5.99. The summed E-state index contributed by atoms with van der Waals surface area (Å²) < 4.78 is 49.6. The molecule has 2 heterocycles. The van der Waals surface area contributed by atoms with Gasteiger partial charge >= 0.3 is 6.61 Å². The van der Waals surface area contributed by atoms with Gasteiger partial charge in [-0.2, -0.15) is 13.9 Å². The number of fused-ring (bicyclic) bond motifs is 1. The van der Waals surface area contributed by atoms with Crippen molar-refractivity contribution in [3.05, 3.63) is 16.9 Å². The van der Waals surface area contributed by atoms with Crippen LogP contribution in [0.2, 0.25) is 5.02 Å². The van der Waals surface area contributed by atoms with Crippen LogP contribution >= 0.6 is 11.6 Å². The Morgan fingerprint density at radius 1 is 1.54 bits per heavy atom. The second kappa shape index (κ2) is 5.78. The lowest BCUT2D eigenvalue weighted by atomic mass is 10.1. The number of aryl methyl sites for hydroxylation is 1. The van der Waals surface area contributed by atoms with E-state index in [1.165, 1.54) is 7.05 Å². The Bertz CT molecular complexity index is 841. The number of hydrogen-bond donors (Lipinski definition) is 2. The first-order chi connectivity index (χ1) is 11.3. The van der Waals surface area contributed by atoms with E-state index in [4.69, 9.17) is 22.1 Å². The van der Waals surface area contributed by atoms with Crippen LogP contribution in [-0.2, 0) is 11.8 Å². The van der Waals surface area contributed by atoms with Crippen LogP contribution in [0.25, 0.3) is 11.3 Å². The quantitative estimate of drug-likeness (QED) is 0.818. The van der Waals surface area contributed by atoms with Crippen LogP contribution in [0, 0.1) is 5.82 Å². The number of halogens is 4. The van der Waals surface area contributed by atoms with Gasteiger partial charge in [0.2, 0.25) is 5.88 Å². The van der Waals surface area contributed by atoms with Gasteiger partial charge in [0.1, 0.15) is 28.0 Å². The number of nitrogen functional groups attached to an aromatic ring is 1. The van der Waals surface area contributed by atoms with Gasteiger partial charge in [-0.1, -0.05) is 11.6 Å². The minimum Gasteiger partial charge on any atom is -0.481 e. The zero-order chi connectivity index (χ0) is 17.6. The molecule has 0 radical (unpaired) electrons. The minimum atomic E-state index is -3.14. The van der Waals surface area contributed by atoms with Gasteiger partial charge in [-0.25, -0.2) is 9.07 Å². The van der Waals surface area contributed by atoms with Crippen molar-refractivity contribution in [1.29, 1.82) is 0 Å². The number of benzene rings is 1. The minimum absolute atomic E-state index is 0.0458. The Morgan fingerprint density at radius 3 is 2.92 bits per heavy atom. The summed E-state index contributed by atoms with van der Waals surface area (Å²) in [7, 11) is 1.30. The fraction of sp³-hybridized carbons (Fsp3) is 0.231. The zero-order valence-corrected chi connectivity index (χ0v) is 12.8. The molecule has 0 spiro atoms. The SMILES string of the molecule is Cn1nc(-c2c(F)cc3c(c2N)NC(=O)CO3)c(Cl)c1OC(F)F. The fourth-order valence-corrected chi connectivity index (χ4v) is 2.60. The summed E-state index contributed by atoms with van der Waals surface area (Å²) >= 11 is 5.98. The number of nitrogens with one attached hydrogen (secondary N) is 1. The first kappa shape index (κ1) is 16.2. The average Bonchev–Trinajstić information content (AvgIpc) is 2.76. The van der Waals surface area contributed by atoms with Gasteiger partial charge in [0.25, 0.3) is 5.91 Å². The maximum Gasteiger partial charge on any atom is 0.388 e. The number of amides is 1. The molecular formula is C13H10ClF3N4O3. The summed E-state index contributed by atoms with van der Waals surface area (Å²) in [5.41, 5.74) is 5.30. The van der Waals surface area contributed by atoms with Crippen molar-refractivity contribution >= 4 is 28.9 Å². The lowest BCUT2D eigenvalue weighted by Crippen LogP contribution is -2.26. The summed E-state index contributed by atoms with van der Waals surface area (Å²) in [5.74, 6) is -1.71. The number of rotatable bonds is 3. The molecule has 3 rings (SSSR count). The summed E-state index contributed by atoms with van der Waals surface area (Å²) in [6.07, 6.45) is 0. The van der Waals surface area contributed by atoms with Crippen LogP contribution in [0.1, 0.15) is 0 Å². The highest BCUT2D eigenvalue weighted by atomic mass is 35.5. The molecule has 1 aliphatic heterocycles. The lowest BCUT2D eigenvalue weighted by Gasteiger charge is -2.21. The van der Waals surface area contributed by atoms with Crippen molar-refractivity contribution in [3.63, 3.8) is 0 Å². The van der Waals surface area contributed by atoms with Crippen LogP contribution in [0.4, 0.5) is 24.5 Å². The van der Waals surface area contributed by atoms with Crippen LogP contribution < -0.4 is 20.5 Å². The van der Waals surface area contributed by atoms with E-state index in [1.807, 2.05) is 0 Å². The third kappa shape index (κ3) is 2.58.